The summed E-state index contributed by atoms with van der Waals surface area (Å²) >= 11 is 12.7. The van der Waals surface area contributed by atoms with Gasteiger partial charge in [0.05, 0.1) is 40.4 Å². The van der Waals surface area contributed by atoms with Gasteiger partial charge in [-0.1, -0.05) is 53.5 Å². The van der Waals surface area contributed by atoms with E-state index in [1.54, 1.807) is 23.1 Å². The molecular formula is C41H42Cl3F6N3O5. The van der Waals surface area contributed by atoms with Crippen LogP contribution in [0.25, 0.3) is 0 Å². The number of ether oxygens (including phenoxy) is 2. The van der Waals surface area contributed by atoms with E-state index in [1.165, 1.54) is 16.0 Å². The molecule has 0 unspecified atom stereocenters. The van der Waals surface area contributed by atoms with Gasteiger partial charge in [-0.3, -0.25) is 14.4 Å². The first-order valence-electron chi connectivity index (χ1n) is 18.9. The SMILES string of the molecule is Cl.O=C1CCN(C(=O)CO[C@H]2Cc3ccccc3C23CCN(CC[C@@]2(c4ccc(Cl)c(Cl)c4)CN(C(=O)c4cc(C(F)(F)F)cc(C(F)(F)F)c4)CCO2)CC3)CC1. The molecule has 2 atom stereocenters. The summed E-state index contributed by atoms with van der Waals surface area (Å²) in [5, 5.41) is 0.483. The summed E-state index contributed by atoms with van der Waals surface area (Å²) in [6.07, 6.45) is -7.33. The largest absolute Gasteiger partial charge is 0.416 e. The smallest absolute Gasteiger partial charge is 0.367 e. The van der Waals surface area contributed by atoms with Gasteiger partial charge >= 0.3 is 12.4 Å². The fourth-order valence-electron chi connectivity index (χ4n) is 8.81. The number of ketones is 1. The quantitative estimate of drug-likeness (QED) is 0.212. The number of morpholine rings is 1. The number of likely N-dealkylation sites (tertiary alicyclic amines) is 2. The molecule has 7 rings (SSSR count). The van der Waals surface area contributed by atoms with E-state index in [0.717, 1.165) is 12.8 Å². The molecule has 3 aromatic carbocycles. The Labute approximate surface area is 348 Å². The van der Waals surface area contributed by atoms with Crippen LogP contribution in [-0.2, 0) is 48.9 Å². The second kappa shape index (κ2) is 17.3. The second-order valence-corrected chi connectivity index (χ2v) is 16.1. The number of rotatable bonds is 8. The molecule has 4 aliphatic rings. The van der Waals surface area contributed by atoms with Gasteiger partial charge in [-0.25, -0.2) is 0 Å². The van der Waals surface area contributed by atoms with Crippen LogP contribution in [0.5, 0.6) is 0 Å². The lowest BCUT2D eigenvalue weighted by Gasteiger charge is -2.46. The maximum Gasteiger partial charge on any atom is 0.416 e. The molecule has 1 spiro atoms. The molecule has 58 heavy (non-hydrogen) atoms. The highest BCUT2D eigenvalue weighted by atomic mass is 35.5. The van der Waals surface area contributed by atoms with E-state index < -0.39 is 40.6 Å². The van der Waals surface area contributed by atoms with Crippen molar-refractivity contribution >= 4 is 53.2 Å². The zero-order valence-electron chi connectivity index (χ0n) is 31.3. The van der Waals surface area contributed by atoms with Gasteiger partial charge in [-0.2, -0.15) is 26.3 Å². The molecule has 3 fully saturated rings. The lowest BCUT2D eigenvalue weighted by atomic mass is 9.72. The van der Waals surface area contributed by atoms with Gasteiger partial charge in [0.15, 0.2) is 0 Å². The summed E-state index contributed by atoms with van der Waals surface area (Å²) in [7, 11) is 0. The third-order valence-electron chi connectivity index (χ3n) is 12.0. The molecule has 0 N–H and O–H groups in total. The minimum Gasteiger partial charge on any atom is -0.367 e. The molecule has 2 amide bonds. The van der Waals surface area contributed by atoms with Crippen LogP contribution < -0.4 is 0 Å². The van der Waals surface area contributed by atoms with E-state index in [9.17, 15) is 40.7 Å². The number of benzene rings is 3. The summed E-state index contributed by atoms with van der Waals surface area (Å²) in [4.78, 5) is 43.8. The number of nitrogens with zero attached hydrogens (tertiary/aromatic N) is 3. The lowest BCUT2D eigenvalue weighted by Crippen LogP contribution is -2.54. The highest BCUT2D eigenvalue weighted by Crippen LogP contribution is 2.48. The predicted molar refractivity (Wildman–Crippen MR) is 206 cm³/mol. The highest BCUT2D eigenvalue weighted by molar-refractivity contribution is 6.42. The maximum atomic E-state index is 13.8. The average molecular weight is 877 g/mol. The normalized spacial score (nSPS) is 22.5. The van der Waals surface area contributed by atoms with Crippen LogP contribution in [-0.4, -0.2) is 97.4 Å². The Hall–Kier alpha value is -3.40. The number of halogens is 9. The Morgan fingerprint density at radius 1 is 0.828 bits per heavy atom. The highest BCUT2D eigenvalue weighted by Gasteiger charge is 2.50. The molecular weight excluding hydrogens is 835 g/mol. The van der Waals surface area contributed by atoms with Gasteiger partial charge in [0.1, 0.15) is 18.0 Å². The topological polar surface area (TPSA) is 79.4 Å². The van der Waals surface area contributed by atoms with E-state index in [0.29, 0.717) is 76.1 Å². The number of hydrogen-bond donors (Lipinski definition) is 0. The van der Waals surface area contributed by atoms with E-state index in [4.69, 9.17) is 32.7 Å². The van der Waals surface area contributed by atoms with Gasteiger partial charge in [-0.05, 0) is 85.8 Å². The third-order valence-corrected chi connectivity index (χ3v) is 12.7. The minimum atomic E-state index is -5.11. The number of carbonyl (C=O) groups excluding carboxylic acids is 3. The second-order valence-electron chi connectivity index (χ2n) is 15.3. The molecule has 314 valence electrons. The number of piperidine rings is 2. The standard InChI is InChI=1S/C41H41Cl2F6N3O5.ClH/c42-33-6-5-28(23-34(33)43)39(25-52(17-18-57-39)37(55)27-19-29(40(44,45)46)22-30(20-27)41(47,48)49)11-16-50-14-9-38(10-15-50)32-4-2-1-3-26(32)21-35(38)56-24-36(54)51-12-7-31(53)8-13-51;/h1-6,19-20,22-23,35H,7-18,21,24-25H2;1H/t35-,39-;/m0./s1. The van der Waals surface area contributed by atoms with Crippen molar-refractivity contribution in [1.29, 1.82) is 0 Å². The molecule has 3 aliphatic heterocycles. The van der Waals surface area contributed by atoms with Gasteiger partial charge in [0.2, 0.25) is 5.91 Å². The van der Waals surface area contributed by atoms with Crippen LogP contribution in [0.15, 0.2) is 60.7 Å². The predicted octanol–water partition coefficient (Wildman–Crippen LogP) is 8.38. The third kappa shape index (κ3) is 9.17. The molecule has 3 heterocycles. The molecule has 8 nitrogen and oxygen atoms in total. The Bertz CT molecular complexity index is 1980. The molecule has 0 bridgehead atoms. The van der Waals surface area contributed by atoms with Crippen molar-refractivity contribution in [2.75, 3.05) is 59.0 Å². The number of hydrogen-bond acceptors (Lipinski definition) is 6. The van der Waals surface area contributed by atoms with Crippen LogP contribution in [0.3, 0.4) is 0 Å². The molecule has 3 saturated heterocycles. The van der Waals surface area contributed by atoms with E-state index in [-0.39, 0.29) is 78.0 Å². The van der Waals surface area contributed by atoms with Crippen molar-refractivity contribution in [2.45, 2.75) is 68.0 Å². The Kier molecular flexibility index (Phi) is 13.2. The maximum absolute atomic E-state index is 13.8. The first kappa shape index (κ1) is 44.2. The van der Waals surface area contributed by atoms with E-state index in [2.05, 4.69) is 17.0 Å². The molecule has 0 saturated carbocycles. The van der Waals surface area contributed by atoms with Crippen LogP contribution in [0.2, 0.25) is 10.0 Å². The summed E-state index contributed by atoms with van der Waals surface area (Å²) in [5.74, 6) is -0.969. The number of Topliss-reactive ketones (excluding diaryl/α,β-unsaturated/α-hetero) is 1. The van der Waals surface area contributed by atoms with Crippen LogP contribution >= 0.6 is 35.6 Å². The monoisotopic (exact) mass is 875 g/mol. The zero-order valence-corrected chi connectivity index (χ0v) is 33.6. The molecule has 0 radical (unpaired) electrons. The van der Waals surface area contributed by atoms with Gasteiger partial charge in [0, 0.05) is 50.0 Å². The summed E-state index contributed by atoms with van der Waals surface area (Å²) < 4.78 is 95.1. The van der Waals surface area contributed by atoms with Crippen LogP contribution in [0, 0.1) is 0 Å². The van der Waals surface area contributed by atoms with Gasteiger partial charge in [0.25, 0.3) is 5.91 Å². The van der Waals surface area contributed by atoms with Crippen LogP contribution in [0.4, 0.5) is 26.3 Å². The Morgan fingerprint density at radius 2 is 1.48 bits per heavy atom. The number of carbonyl (C=O) groups is 3. The van der Waals surface area contributed by atoms with E-state index >= 15 is 0 Å². The summed E-state index contributed by atoms with van der Waals surface area (Å²) in [5.41, 5.74) is -2.50. The summed E-state index contributed by atoms with van der Waals surface area (Å²) in [6, 6.07) is 14.0. The van der Waals surface area contributed by atoms with Crippen molar-refractivity contribution in [1.82, 2.24) is 14.7 Å². The van der Waals surface area contributed by atoms with Crippen molar-refractivity contribution in [2.24, 2.45) is 0 Å². The molecule has 1 aliphatic carbocycles. The first-order chi connectivity index (χ1) is 27.0. The fraction of sp³-hybridized carbons (Fsp3) is 0.488. The Morgan fingerprint density at radius 3 is 2.12 bits per heavy atom. The number of fused-ring (bicyclic) bond motifs is 2. The van der Waals surface area contributed by atoms with Crippen molar-refractivity contribution in [3.8, 4) is 0 Å². The average Bonchev–Trinajstić information content (AvgIpc) is 3.49. The zero-order chi connectivity index (χ0) is 40.8. The molecule has 3 aromatic rings. The van der Waals surface area contributed by atoms with E-state index in [1.807, 2.05) is 12.1 Å². The lowest BCUT2D eigenvalue weighted by molar-refractivity contribution is -0.144. The molecule has 0 aromatic heterocycles. The van der Waals surface area contributed by atoms with Gasteiger partial charge < -0.3 is 24.2 Å². The van der Waals surface area contributed by atoms with Crippen molar-refractivity contribution in [3.63, 3.8) is 0 Å². The fourth-order valence-corrected chi connectivity index (χ4v) is 9.11. The first-order valence-corrected chi connectivity index (χ1v) is 19.6. The van der Waals surface area contributed by atoms with Crippen molar-refractivity contribution in [3.05, 3.63) is 104 Å². The van der Waals surface area contributed by atoms with Gasteiger partial charge in [-0.15, -0.1) is 12.4 Å². The molecule has 17 heteroatoms. The Balaban J connectivity index is 0.00000567. The summed E-state index contributed by atoms with van der Waals surface area (Å²) in [6.45, 7) is 2.23. The van der Waals surface area contributed by atoms with Crippen molar-refractivity contribution < 1.29 is 50.2 Å². The van der Waals surface area contributed by atoms with Crippen LogP contribution in [0.1, 0.15) is 70.3 Å². The number of alkyl halides is 6. The minimum absolute atomic E-state index is 0. The number of amides is 2.